The lowest BCUT2D eigenvalue weighted by atomic mass is 10.2. The summed E-state index contributed by atoms with van der Waals surface area (Å²) in [6, 6.07) is 13.1. The van der Waals surface area contributed by atoms with Gasteiger partial charge < -0.3 is 4.74 Å². The van der Waals surface area contributed by atoms with Gasteiger partial charge in [0.1, 0.15) is 17.0 Å². The van der Waals surface area contributed by atoms with Gasteiger partial charge in [0.2, 0.25) is 0 Å². The number of rotatable bonds is 4. The van der Waals surface area contributed by atoms with Crippen LogP contribution in [0.3, 0.4) is 0 Å². The summed E-state index contributed by atoms with van der Waals surface area (Å²) in [5.74, 6) is 0.390. The van der Waals surface area contributed by atoms with E-state index in [4.69, 9.17) is 4.74 Å². The van der Waals surface area contributed by atoms with Crippen molar-refractivity contribution in [2.45, 2.75) is 6.54 Å². The fourth-order valence-corrected chi connectivity index (χ4v) is 2.64. The second-order valence-corrected chi connectivity index (χ2v) is 5.67. The molecule has 0 saturated carbocycles. The van der Waals surface area contributed by atoms with Crippen LogP contribution < -0.4 is 10.3 Å². The minimum absolute atomic E-state index is 0.285. The Morgan fingerprint density at radius 2 is 1.81 bits per heavy atom. The summed E-state index contributed by atoms with van der Waals surface area (Å²) in [4.78, 5) is 12.7. The first-order valence-corrected chi connectivity index (χ1v) is 7.86. The zero-order valence-corrected chi connectivity index (χ0v) is 13.8. The smallest absolute Gasteiger partial charge is 0.281 e. The van der Waals surface area contributed by atoms with Gasteiger partial charge in [-0.05, 0) is 42.0 Å². The third-order valence-electron chi connectivity index (χ3n) is 4.02. The molecule has 2 heterocycles. The molecule has 0 aliphatic carbocycles. The van der Waals surface area contributed by atoms with Crippen LogP contribution in [0.25, 0.3) is 16.7 Å². The molecule has 7 nitrogen and oxygen atoms in total. The van der Waals surface area contributed by atoms with E-state index in [1.54, 1.807) is 19.2 Å². The third kappa shape index (κ3) is 2.81. The number of fused-ring (bicyclic) bond motifs is 1. The Labute approximate surface area is 147 Å². The van der Waals surface area contributed by atoms with Crippen molar-refractivity contribution in [2.75, 3.05) is 7.11 Å². The van der Waals surface area contributed by atoms with Crippen LogP contribution in [0.4, 0.5) is 4.39 Å². The zero-order valence-electron chi connectivity index (χ0n) is 13.8. The first-order chi connectivity index (χ1) is 12.7. The van der Waals surface area contributed by atoms with Crippen molar-refractivity contribution in [1.82, 2.24) is 24.8 Å². The topological polar surface area (TPSA) is 74.8 Å². The van der Waals surface area contributed by atoms with Gasteiger partial charge >= 0.3 is 0 Å². The van der Waals surface area contributed by atoms with Gasteiger partial charge in [-0.15, -0.1) is 5.10 Å². The minimum Gasteiger partial charge on any atom is -0.497 e. The molecule has 0 aliphatic heterocycles. The van der Waals surface area contributed by atoms with Crippen LogP contribution in [0.15, 0.2) is 59.5 Å². The first-order valence-electron chi connectivity index (χ1n) is 7.86. The molecular formula is C18H14FN5O2. The fourth-order valence-electron chi connectivity index (χ4n) is 2.64. The Morgan fingerprint density at radius 1 is 1.08 bits per heavy atom. The van der Waals surface area contributed by atoms with Gasteiger partial charge in [0.25, 0.3) is 5.56 Å². The summed E-state index contributed by atoms with van der Waals surface area (Å²) in [6.45, 7) is 0.285. The van der Waals surface area contributed by atoms with Gasteiger partial charge in [-0.2, -0.15) is 5.10 Å². The van der Waals surface area contributed by atoms with E-state index in [2.05, 4.69) is 15.4 Å². The molecule has 0 bridgehead atoms. The SMILES string of the molecule is COc1ccc(Cn2nnc3c(cnn3-c3ccc(F)cc3)c2=O)cc1. The van der Waals surface area contributed by atoms with Crippen molar-refractivity contribution in [3.8, 4) is 11.4 Å². The van der Waals surface area contributed by atoms with Crippen LogP contribution in [0.2, 0.25) is 0 Å². The maximum Gasteiger partial charge on any atom is 0.281 e. The molecule has 2 aromatic carbocycles. The Bertz CT molecular complexity index is 1120. The maximum atomic E-state index is 13.1. The Kier molecular flexibility index (Phi) is 3.92. The number of benzene rings is 2. The molecule has 2 aromatic heterocycles. The lowest BCUT2D eigenvalue weighted by Gasteiger charge is -2.06. The van der Waals surface area contributed by atoms with Crippen LogP contribution in [-0.2, 0) is 6.54 Å². The van der Waals surface area contributed by atoms with Gasteiger partial charge in [0, 0.05) is 0 Å². The minimum atomic E-state index is -0.349. The standard InChI is InChI=1S/C18H14FN5O2/c1-26-15-8-2-12(3-9-15)11-23-18(25)16-10-20-24(17(16)21-22-23)14-6-4-13(19)5-7-14/h2-10H,11H2,1H3. The lowest BCUT2D eigenvalue weighted by Crippen LogP contribution is -2.24. The molecule has 0 atom stereocenters. The average Bonchev–Trinajstić information content (AvgIpc) is 3.10. The Hall–Kier alpha value is -3.55. The van der Waals surface area contributed by atoms with Crippen LogP contribution in [-0.4, -0.2) is 31.9 Å². The molecule has 0 spiro atoms. The van der Waals surface area contributed by atoms with Crippen molar-refractivity contribution >= 4 is 11.0 Å². The fraction of sp³-hybridized carbons (Fsp3) is 0.111. The van der Waals surface area contributed by atoms with Crippen LogP contribution >= 0.6 is 0 Å². The molecule has 0 unspecified atom stereocenters. The average molecular weight is 351 g/mol. The van der Waals surface area contributed by atoms with Gasteiger partial charge in [0.05, 0.1) is 25.5 Å². The summed E-state index contributed by atoms with van der Waals surface area (Å²) in [6.07, 6.45) is 1.44. The largest absolute Gasteiger partial charge is 0.497 e. The van der Waals surface area contributed by atoms with Crippen molar-refractivity contribution in [3.05, 3.63) is 76.5 Å². The molecule has 0 radical (unpaired) electrons. The molecule has 0 amide bonds. The van der Waals surface area contributed by atoms with Gasteiger partial charge in [-0.1, -0.05) is 17.3 Å². The lowest BCUT2D eigenvalue weighted by molar-refractivity contribution is 0.414. The quantitative estimate of drug-likeness (QED) is 0.563. The Morgan fingerprint density at radius 3 is 2.50 bits per heavy atom. The van der Waals surface area contributed by atoms with E-state index >= 15 is 0 Å². The summed E-state index contributed by atoms with van der Waals surface area (Å²) in [5, 5.41) is 12.7. The second kappa shape index (κ2) is 6.40. The van der Waals surface area contributed by atoms with Crippen molar-refractivity contribution < 1.29 is 9.13 Å². The van der Waals surface area contributed by atoms with Crippen LogP contribution in [0.5, 0.6) is 5.75 Å². The number of ether oxygens (including phenoxy) is 1. The maximum absolute atomic E-state index is 13.1. The van der Waals surface area contributed by atoms with E-state index < -0.39 is 0 Å². The zero-order chi connectivity index (χ0) is 18.1. The predicted molar refractivity (Wildman–Crippen MR) is 93.0 cm³/mol. The molecular weight excluding hydrogens is 337 g/mol. The van der Waals surface area contributed by atoms with E-state index in [-0.39, 0.29) is 17.9 Å². The van der Waals surface area contributed by atoms with Gasteiger partial charge in [-0.25, -0.2) is 13.8 Å². The first kappa shape index (κ1) is 15.9. The molecule has 0 aliphatic rings. The number of methoxy groups -OCH3 is 1. The van der Waals surface area contributed by atoms with Gasteiger partial charge in [0.15, 0.2) is 5.65 Å². The number of aromatic nitrogens is 5. The van der Waals surface area contributed by atoms with Crippen LogP contribution in [0.1, 0.15) is 5.56 Å². The third-order valence-corrected chi connectivity index (χ3v) is 4.02. The van der Waals surface area contributed by atoms with Crippen molar-refractivity contribution in [3.63, 3.8) is 0 Å². The second-order valence-electron chi connectivity index (χ2n) is 5.67. The molecule has 26 heavy (non-hydrogen) atoms. The van der Waals surface area contributed by atoms with Crippen molar-refractivity contribution in [2.24, 2.45) is 0 Å². The highest BCUT2D eigenvalue weighted by Gasteiger charge is 2.13. The highest BCUT2D eigenvalue weighted by molar-refractivity contribution is 5.74. The molecule has 0 fully saturated rings. The highest BCUT2D eigenvalue weighted by Crippen LogP contribution is 2.14. The predicted octanol–water partition coefficient (Wildman–Crippen LogP) is 2.17. The van der Waals surface area contributed by atoms with Gasteiger partial charge in [-0.3, -0.25) is 4.79 Å². The summed E-state index contributed by atoms with van der Waals surface area (Å²) in [7, 11) is 1.59. The number of nitrogens with zero attached hydrogens (tertiary/aromatic N) is 5. The van der Waals surface area contributed by atoms with Crippen molar-refractivity contribution in [1.29, 1.82) is 0 Å². The molecule has 0 saturated heterocycles. The molecule has 130 valence electrons. The highest BCUT2D eigenvalue weighted by atomic mass is 19.1. The molecule has 4 aromatic rings. The molecule has 4 rings (SSSR count). The normalized spacial score (nSPS) is 11.0. The summed E-state index contributed by atoms with van der Waals surface area (Å²) >= 11 is 0. The van der Waals surface area contributed by atoms with E-state index in [9.17, 15) is 9.18 Å². The number of halogens is 1. The van der Waals surface area contributed by atoms with Crippen LogP contribution in [0, 0.1) is 5.82 Å². The monoisotopic (exact) mass is 351 g/mol. The summed E-state index contributed by atoms with van der Waals surface area (Å²) in [5.41, 5.74) is 1.53. The Balaban J connectivity index is 1.71. The molecule has 0 N–H and O–H groups in total. The van der Waals surface area contributed by atoms with E-state index in [0.717, 1.165) is 11.3 Å². The number of hydrogen-bond donors (Lipinski definition) is 0. The molecule has 8 heteroatoms. The number of hydrogen-bond acceptors (Lipinski definition) is 5. The summed E-state index contributed by atoms with van der Waals surface area (Å²) < 4.78 is 21.0. The van der Waals surface area contributed by atoms with E-state index in [0.29, 0.717) is 16.7 Å². The van der Waals surface area contributed by atoms with E-state index in [1.165, 1.54) is 27.7 Å². The van der Waals surface area contributed by atoms with E-state index in [1.807, 2.05) is 24.3 Å².